The molecule has 0 spiro atoms. The molecule has 1 heterocycles. The fraction of sp³-hybridized carbons (Fsp3) is 0.800. The third-order valence-electron chi connectivity index (χ3n) is 3.61. The summed E-state index contributed by atoms with van der Waals surface area (Å²) < 4.78 is 24.2. The van der Waals surface area contributed by atoms with Crippen LogP contribution in [0.25, 0.3) is 0 Å². The first kappa shape index (κ1) is 28.2. The molecule has 3 atom stereocenters. The Hall–Kier alpha value is 3.35. The molecule has 0 aromatic carbocycles. The summed E-state index contributed by atoms with van der Waals surface area (Å²) in [5, 5.41) is 9.20. The molecule has 4 radical (unpaired) electrons. The molecule has 0 bridgehead atoms. The standard InChI is InChI=1S/C10H16NO4S.Re.3Y/c1-16(14,15)11-6-5-7-3-2-4-8(7)9(11)10(12)13;;;;/h5,7-9H,2-4,6H2,1H3,(H,12,13);;;;/q-1;;;;. The Kier molecular flexibility index (Phi) is 16.7. The Labute approximate surface area is 209 Å². The minimum atomic E-state index is -3.44. The molecule has 108 valence electrons. The van der Waals surface area contributed by atoms with Gasteiger partial charge in [-0.25, -0.2) is 12.7 Å². The van der Waals surface area contributed by atoms with Crippen molar-refractivity contribution in [3.8, 4) is 0 Å². The van der Waals surface area contributed by atoms with E-state index < -0.39 is 22.0 Å². The van der Waals surface area contributed by atoms with Gasteiger partial charge in [0.05, 0.1) is 6.26 Å². The van der Waals surface area contributed by atoms with Crippen molar-refractivity contribution >= 4 is 16.0 Å². The average Bonchev–Trinajstić information content (AvgIpc) is 2.61. The summed E-state index contributed by atoms with van der Waals surface area (Å²) >= 11 is 0. The molecule has 2 fully saturated rings. The molecule has 1 saturated heterocycles. The molecule has 1 N–H and O–H groups in total. The summed E-state index contributed by atoms with van der Waals surface area (Å²) in [6, 6.07) is -0.868. The third kappa shape index (κ3) is 6.69. The molecule has 2 rings (SSSR count). The van der Waals surface area contributed by atoms with E-state index in [2.05, 4.69) is 0 Å². The topological polar surface area (TPSA) is 74.7 Å². The van der Waals surface area contributed by atoms with Crippen LogP contribution in [0.1, 0.15) is 19.3 Å². The molecule has 5 nitrogen and oxygen atoms in total. The predicted molar refractivity (Wildman–Crippen MR) is 58.1 cm³/mol. The molecule has 0 aromatic rings. The molecular weight excluding hydrogens is 683 g/mol. The van der Waals surface area contributed by atoms with Gasteiger partial charge in [0.1, 0.15) is 6.04 Å². The number of rotatable bonds is 2. The zero-order valence-electron chi connectivity index (χ0n) is 11.3. The summed E-state index contributed by atoms with van der Waals surface area (Å²) in [5.41, 5.74) is 0. The first-order valence-corrected chi connectivity index (χ1v) is 7.29. The van der Waals surface area contributed by atoms with Crippen LogP contribution in [0.5, 0.6) is 0 Å². The second-order valence-corrected chi connectivity index (χ2v) is 6.55. The molecule has 1 saturated carbocycles. The predicted octanol–water partition coefficient (Wildman–Crippen LogP) is 0.325. The van der Waals surface area contributed by atoms with Crippen LogP contribution in [0.15, 0.2) is 0 Å². The Bertz CT molecular complexity index is 409. The number of hydrogen-bond donors (Lipinski definition) is 1. The van der Waals surface area contributed by atoms with Crippen LogP contribution in [0.3, 0.4) is 0 Å². The normalized spacial score (nSPS) is 28.8. The maximum absolute atomic E-state index is 11.5. The van der Waals surface area contributed by atoms with Crippen LogP contribution in [0.4, 0.5) is 0 Å². The van der Waals surface area contributed by atoms with Gasteiger partial charge in [-0.05, 0) is 5.92 Å². The van der Waals surface area contributed by atoms with Crippen LogP contribution < -0.4 is 0 Å². The van der Waals surface area contributed by atoms with Crippen molar-refractivity contribution in [2.75, 3.05) is 12.8 Å². The van der Waals surface area contributed by atoms with Crippen molar-refractivity contribution in [1.82, 2.24) is 4.31 Å². The van der Waals surface area contributed by atoms with E-state index in [0.29, 0.717) is 0 Å². The zero-order valence-corrected chi connectivity index (χ0v) is 23.3. The number of nitrogens with zero attached hydrogens (tertiary/aromatic N) is 1. The molecule has 0 aromatic heterocycles. The van der Waals surface area contributed by atoms with E-state index in [1.807, 2.05) is 6.42 Å². The minimum absolute atomic E-state index is 0. The number of sulfonamides is 1. The van der Waals surface area contributed by atoms with E-state index in [1.54, 1.807) is 0 Å². The first-order chi connectivity index (χ1) is 7.41. The van der Waals surface area contributed by atoms with Crippen LogP contribution in [0.2, 0.25) is 0 Å². The number of piperidine rings is 1. The van der Waals surface area contributed by atoms with Crippen molar-refractivity contribution in [2.45, 2.75) is 25.3 Å². The Morgan fingerprint density at radius 1 is 1.25 bits per heavy atom. The first-order valence-electron chi connectivity index (χ1n) is 5.44. The largest absolute Gasteiger partial charge is 0.480 e. The maximum Gasteiger partial charge on any atom is 0.322 e. The molecule has 1 aliphatic carbocycles. The second-order valence-electron chi connectivity index (χ2n) is 4.61. The Balaban J connectivity index is -0.000000722. The maximum atomic E-state index is 11.5. The van der Waals surface area contributed by atoms with Crippen LogP contribution in [-0.2, 0) is 133 Å². The van der Waals surface area contributed by atoms with Crippen LogP contribution >= 0.6 is 0 Å². The van der Waals surface area contributed by atoms with Crippen LogP contribution in [-0.4, -0.2) is 42.6 Å². The van der Waals surface area contributed by atoms with Gasteiger partial charge in [0.25, 0.3) is 0 Å². The van der Waals surface area contributed by atoms with Gasteiger partial charge in [0.2, 0.25) is 10.0 Å². The van der Waals surface area contributed by atoms with Gasteiger partial charge in [0.15, 0.2) is 0 Å². The number of fused-ring (bicyclic) bond motifs is 1. The van der Waals surface area contributed by atoms with Crippen LogP contribution in [0, 0.1) is 18.3 Å². The van der Waals surface area contributed by atoms with E-state index in [9.17, 15) is 18.3 Å². The average molecular weight is 699 g/mol. The van der Waals surface area contributed by atoms with Crippen molar-refractivity contribution in [2.24, 2.45) is 11.8 Å². The Morgan fingerprint density at radius 2 is 1.80 bits per heavy atom. The van der Waals surface area contributed by atoms with Crippen molar-refractivity contribution in [3.63, 3.8) is 0 Å². The van der Waals surface area contributed by atoms with E-state index >= 15 is 0 Å². The van der Waals surface area contributed by atoms with E-state index in [1.165, 1.54) is 0 Å². The Morgan fingerprint density at radius 3 is 2.25 bits per heavy atom. The monoisotopic (exact) mass is 700 g/mol. The molecule has 3 unspecified atom stereocenters. The number of hydrogen-bond acceptors (Lipinski definition) is 3. The second kappa shape index (κ2) is 11.8. The fourth-order valence-corrected chi connectivity index (χ4v) is 3.93. The van der Waals surface area contributed by atoms with Gasteiger partial charge in [-0.2, -0.15) is 5.92 Å². The summed E-state index contributed by atoms with van der Waals surface area (Å²) in [5.74, 6) is -0.782. The van der Waals surface area contributed by atoms with E-state index in [0.717, 1.165) is 29.8 Å². The summed E-state index contributed by atoms with van der Waals surface area (Å²) in [6.07, 6.45) is 5.83. The summed E-state index contributed by atoms with van der Waals surface area (Å²) in [6.45, 7) is 0.233. The number of carbonyl (C=O) groups is 1. The molecule has 2 aliphatic rings. The van der Waals surface area contributed by atoms with Crippen molar-refractivity contribution < 1.29 is 137 Å². The number of aliphatic carboxylic acids is 1. The quantitative estimate of drug-likeness (QED) is 0.423. The number of carboxylic acids is 1. The van der Waals surface area contributed by atoms with Gasteiger partial charge in [0, 0.05) is 119 Å². The fourth-order valence-electron chi connectivity index (χ4n) is 2.92. The molecule has 10 heteroatoms. The SMILES string of the molecule is CS(=O)(=O)N1C[CH-]C2CCCC2C1C(=O)O.[Re].[Y].[Y].[Y]. The summed E-state index contributed by atoms with van der Waals surface area (Å²) in [7, 11) is -3.44. The van der Waals surface area contributed by atoms with Gasteiger partial charge in [-0.1, -0.05) is 19.3 Å². The van der Waals surface area contributed by atoms with E-state index in [4.69, 9.17) is 0 Å². The van der Waals surface area contributed by atoms with E-state index in [-0.39, 0.29) is 137 Å². The smallest absolute Gasteiger partial charge is 0.322 e. The minimum Gasteiger partial charge on any atom is -0.480 e. The molecule has 20 heavy (non-hydrogen) atoms. The molecule has 0 amide bonds. The van der Waals surface area contributed by atoms with Crippen molar-refractivity contribution in [3.05, 3.63) is 6.42 Å². The third-order valence-corrected chi connectivity index (χ3v) is 4.84. The zero-order chi connectivity index (χ0) is 11.9. The molecule has 1 aliphatic heterocycles. The van der Waals surface area contributed by atoms with Crippen molar-refractivity contribution in [1.29, 1.82) is 0 Å². The molecular formula is C10H16NO4ReSY3-. The van der Waals surface area contributed by atoms with Gasteiger partial charge in [-0.3, -0.25) is 4.79 Å². The van der Waals surface area contributed by atoms with Gasteiger partial charge < -0.3 is 11.5 Å². The number of carboxylic acid groups (broad SMARTS) is 1. The van der Waals surface area contributed by atoms with Gasteiger partial charge in [-0.15, -0.1) is 6.54 Å². The summed E-state index contributed by atoms with van der Waals surface area (Å²) in [4.78, 5) is 11.2. The van der Waals surface area contributed by atoms with Gasteiger partial charge >= 0.3 is 5.97 Å².